The van der Waals surface area contributed by atoms with E-state index in [0.717, 1.165) is 6.42 Å². The van der Waals surface area contributed by atoms with Gasteiger partial charge in [-0.1, -0.05) is 18.5 Å². The molecule has 1 saturated heterocycles. The van der Waals surface area contributed by atoms with Gasteiger partial charge < -0.3 is 14.8 Å². The van der Waals surface area contributed by atoms with Crippen LogP contribution in [0.25, 0.3) is 6.08 Å². The van der Waals surface area contributed by atoms with Crippen LogP contribution < -0.4 is 14.8 Å². The van der Waals surface area contributed by atoms with Gasteiger partial charge in [0.15, 0.2) is 21.3 Å². The predicted octanol–water partition coefficient (Wildman–Crippen LogP) is 2.84. The van der Waals surface area contributed by atoms with Gasteiger partial charge in [-0.2, -0.15) is 0 Å². The second-order valence-electron chi connectivity index (χ2n) is 6.61. The van der Waals surface area contributed by atoms with Crippen molar-refractivity contribution in [3.63, 3.8) is 0 Å². The molecule has 1 aromatic rings. The SMILES string of the molecule is CCCOc1c(Cl)cc(C=CC(=O)NC2(C)CCS(=O)(=O)C2)cc1OC. The van der Waals surface area contributed by atoms with Gasteiger partial charge in [-0.15, -0.1) is 0 Å². The van der Waals surface area contributed by atoms with Gasteiger partial charge >= 0.3 is 0 Å². The zero-order valence-electron chi connectivity index (χ0n) is 15.2. The number of ether oxygens (including phenoxy) is 2. The number of halogens is 1. The summed E-state index contributed by atoms with van der Waals surface area (Å²) in [6.45, 7) is 4.25. The Labute approximate surface area is 159 Å². The molecule has 26 heavy (non-hydrogen) atoms. The first-order valence-electron chi connectivity index (χ1n) is 8.39. The average molecular weight is 402 g/mol. The Morgan fingerprint density at radius 3 is 2.73 bits per heavy atom. The molecule has 1 atom stereocenters. The molecule has 0 aromatic heterocycles. The van der Waals surface area contributed by atoms with Gasteiger partial charge in [0.1, 0.15) is 0 Å². The van der Waals surface area contributed by atoms with Gasteiger partial charge in [-0.05, 0) is 43.5 Å². The Hall–Kier alpha value is -1.73. The molecule has 1 aliphatic heterocycles. The number of nitrogens with one attached hydrogen (secondary N) is 1. The molecule has 0 aliphatic carbocycles. The lowest BCUT2D eigenvalue weighted by Crippen LogP contribution is -2.46. The first-order chi connectivity index (χ1) is 12.2. The van der Waals surface area contributed by atoms with Gasteiger partial charge in [0.05, 0.1) is 35.8 Å². The van der Waals surface area contributed by atoms with Gasteiger partial charge in [-0.3, -0.25) is 4.79 Å². The molecule has 2 rings (SSSR count). The summed E-state index contributed by atoms with van der Waals surface area (Å²) in [7, 11) is -1.56. The molecule has 0 spiro atoms. The van der Waals surface area contributed by atoms with Crippen LogP contribution >= 0.6 is 11.6 Å². The lowest BCUT2D eigenvalue weighted by atomic mass is 10.0. The van der Waals surface area contributed by atoms with E-state index >= 15 is 0 Å². The van der Waals surface area contributed by atoms with Crippen molar-refractivity contribution in [2.45, 2.75) is 32.2 Å². The molecule has 1 aliphatic rings. The topological polar surface area (TPSA) is 81.7 Å². The molecule has 1 fully saturated rings. The van der Waals surface area contributed by atoms with Crippen LogP contribution in [0.5, 0.6) is 11.5 Å². The lowest BCUT2D eigenvalue weighted by Gasteiger charge is -2.22. The highest BCUT2D eigenvalue weighted by molar-refractivity contribution is 7.91. The van der Waals surface area contributed by atoms with E-state index in [0.29, 0.717) is 35.1 Å². The fourth-order valence-corrected chi connectivity index (χ4v) is 5.17. The molecule has 6 nitrogen and oxygen atoms in total. The average Bonchev–Trinajstić information content (AvgIpc) is 2.84. The number of carbonyl (C=O) groups excluding carboxylic acids is 1. The third kappa shape index (κ3) is 5.38. The number of hydrogen-bond donors (Lipinski definition) is 1. The molecular formula is C18H24ClNO5S. The highest BCUT2D eigenvalue weighted by atomic mass is 35.5. The van der Waals surface area contributed by atoms with Crippen LogP contribution in [0.4, 0.5) is 0 Å². The second kappa shape index (κ2) is 8.31. The first-order valence-corrected chi connectivity index (χ1v) is 10.6. The summed E-state index contributed by atoms with van der Waals surface area (Å²) in [5.41, 5.74) is -0.0528. The van der Waals surface area contributed by atoms with E-state index in [1.165, 1.54) is 13.2 Å². The fraction of sp³-hybridized carbons (Fsp3) is 0.500. The van der Waals surface area contributed by atoms with Crippen molar-refractivity contribution < 1.29 is 22.7 Å². The van der Waals surface area contributed by atoms with Crippen LogP contribution in [-0.2, 0) is 14.6 Å². The molecule has 1 amide bonds. The second-order valence-corrected chi connectivity index (χ2v) is 9.20. The molecule has 0 bridgehead atoms. The summed E-state index contributed by atoms with van der Waals surface area (Å²) in [5, 5.41) is 3.16. The van der Waals surface area contributed by atoms with Crippen molar-refractivity contribution in [3.8, 4) is 11.5 Å². The number of benzene rings is 1. The summed E-state index contributed by atoms with van der Waals surface area (Å²) in [4.78, 5) is 12.2. The van der Waals surface area contributed by atoms with Gasteiger partial charge in [-0.25, -0.2) is 8.42 Å². The smallest absolute Gasteiger partial charge is 0.244 e. The maximum Gasteiger partial charge on any atom is 0.244 e. The highest BCUT2D eigenvalue weighted by Crippen LogP contribution is 2.36. The molecule has 144 valence electrons. The third-order valence-corrected chi connectivity index (χ3v) is 6.24. The van der Waals surface area contributed by atoms with Crippen molar-refractivity contribution >= 4 is 33.4 Å². The van der Waals surface area contributed by atoms with Crippen LogP contribution in [0, 0.1) is 0 Å². The monoisotopic (exact) mass is 401 g/mol. The quantitative estimate of drug-likeness (QED) is 0.710. The number of sulfone groups is 1. The molecule has 0 radical (unpaired) electrons. The summed E-state index contributed by atoms with van der Waals surface area (Å²) in [6, 6.07) is 3.41. The molecule has 0 saturated carbocycles. The van der Waals surface area contributed by atoms with E-state index in [4.69, 9.17) is 21.1 Å². The van der Waals surface area contributed by atoms with Crippen molar-refractivity contribution in [1.82, 2.24) is 5.32 Å². The number of methoxy groups -OCH3 is 1. The number of carbonyl (C=O) groups is 1. The normalized spacial score (nSPS) is 21.7. The van der Waals surface area contributed by atoms with Gasteiger partial charge in [0.25, 0.3) is 0 Å². The van der Waals surface area contributed by atoms with Crippen LogP contribution in [0.2, 0.25) is 5.02 Å². The Morgan fingerprint density at radius 1 is 1.42 bits per heavy atom. The molecule has 1 N–H and O–H groups in total. The maximum absolute atomic E-state index is 12.2. The molecular weight excluding hydrogens is 378 g/mol. The summed E-state index contributed by atoms with van der Waals surface area (Å²) in [6.07, 6.45) is 4.21. The largest absolute Gasteiger partial charge is 0.493 e. The van der Waals surface area contributed by atoms with Gasteiger partial charge in [0, 0.05) is 6.08 Å². The third-order valence-electron chi connectivity index (χ3n) is 4.06. The highest BCUT2D eigenvalue weighted by Gasteiger charge is 2.39. The maximum atomic E-state index is 12.2. The first kappa shape index (κ1) is 20.6. The Morgan fingerprint density at radius 2 is 2.15 bits per heavy atom. The standard InChI is InChI=1S/C18H24ClNO5S/c1-4-8-25-17-14(19)10-13(11-15(17)24-3)5-6-16(21)20-18(2)7-9-26(22,23)12-18/h5-6,10-11H,4,7-9,12H2,1-3H3,(H,20,21). The van der Waals surface area contributed by atoms with Crippen LogP contribution in [0.3, 0.4) is 0 Å². The number of amides is 1. The summed E-state index contributed by atoms with van der Waals surface area (Å²) >= 11 is 6.25. The van der Waals surface area contributed by atoms with Crippen molar-refractivity contribution in [2.24, 2.45) is 0 Å². The fourth-order valence-electron chi connectivity index (χ4n) is 2.80. The number of hydrogen-bond acceptors (Lipinski definition) is 5. The van der Waals surface area contributed by atoms with Gasteiger partial charge in [0.2, 0.25) is 5.91 Å². The van der Waals surface area contributed by atoms with E-state index in [2.05, 4.69) is 5.32 Å². The predicted molar refractivity (Wildman–Crippen MR) is 103 cm³/mol. The van der Waals surface area contributed by atoms with Crippen LogP contribution in [-0.4, -0.2) is 45.1 Å². The number of rotatable bonds is 7. The van der Waals surface area contributed by atoms with E-state index in [9.17, 15) is 13.2 Å². The van der Waals surface area contributed by atoms with Crippen molar-refractivity contribution in [2.75, 3.05) is 25.2 Å². The van der Waals surface area contributed by atoms with E-state index in [1.807, 2.05) is 6.92 Å². The Balaban J connectivity index is 2.10. The molecule has 8 heteroatoms. The summed E-state index contributed by atoms with van der Waals surface area (Å²) < 4.78 is 34.1. The molecule has 1 heterocycles. The minimum absolute atomic E-state index is 0.0390. The minimum Gasteiger partial charge on any atom is -0.493 e. The summed E-state index contributed by atoms with van der Waals surface area (Å²) in [5.74, 6) is 0.662. The molecule has 1 aromatic carbocycles. The zero-order chi connectivity index (χ0) is 19.4. The zero-order valence-corrected chi connectivity index (χ0v) is 16.7. The Kier molecular flexibility index (Phi) is 6.58. The Bertz CT molecular complexity index is 806. The minimum atomic E-state index is -3.08. The lowest BCUT2D eigenvalue weighted by molar-refractivity contribution is -0.117. The van der Waals surface area contributed by atoms with Crippen LogP contribution in [0.15, 0.2) is 18.2 Å². The van der Waals surface area contributed by atoms with Crippen molar-refractivity contribution in [1.29, 1.82) is 0 Å². The molecule has 1 unspecified atom stereocenters. The van der Waals surface area contributed by atoms with E-state index in [1.54, 1.807) is 25.1 Å². The van der Waals surface area contributed by atoms with Crippen LogP contribution in [0.1, 0.15) is 32.3 Å². The van der Waals surface area contributed by atoms with E-state index in [-0.39, 0.29) is 17.4 Å². The van der Waals surface area contributed by atoms with Crippen molar-refractivity contribution in [3.05, 3.63) is 28.8 Å². The van der Waals surface area contributed by atoms with E-state index < -0.39 is 15.4 Å².